The van der Waals surface area contributed by atoms with E-state index in [1.807, 2.05) is 19.9 Å². The number of anilines is 1. The van der Waals surface area contributed by atoms with Gasteiger partial charge in [-0.1, -0.05) is 0 Å². The Balaban J connectivity index is 2.60. The summed E-state index contributed by atoms with van der Waals surface area (Å²) in [4.78, 5) is 11.5. The van der Waals surface area contributed by atoms with Crippen LogP contribution in [0.15, 0.2) is 18.2 Å². The molecule has 0 heterocycles. The summed E-state index contributed by atoms with van der Waals surface area (Å²) in [5.74, 6) is 1.25. The van der Waals surface area contributed by atoms with Crippen LogP contribution in [0.2, 0.25) is 0 Å². The number of hydrogen-bond acceptors (Lipinski definition) is 4. The highest BCUT2D eigenvalue weighted by Crippen LogP contribution is 2.29. The Bertz CT molecular complexity index is 405. The van der Waals surface area contributed by atoms with Gasteiger partial charge in [0.2, 0.25) is 5.91 Å². The Kier molecular flexibility index (Phi) is 5.30. The number of carbonyl (C=O) groups is 1. The zero-order valence-corrected chi connectivity index (χ0v) is 11.2. The van der Waals surface area contributed by atoms with Crippen LogP contribution < -0.4 is 20.1 Å². The van der Waals surface area contributed by atoms with Gasteiger partial charge in [0.1, 0.15) is 0 Å². The van der Waals surface area contributed by atoms with E-state index in [-0.39, 0.29) is 18.5 Å². The number of hydrogen-bond donors (Lipinski definition) is 2. The lowest BCUT2D eigenvalue weighted by molar-refractivity contribution is -0.119. The SMILES string of the molecule is COc1ccc(NCC(=O)NC(C)C)cc1OC. The number of nitrogens with one attached hydrogen (secondary N) is 2. The van der Waals surface area contributed by atoms with Crippen LogP contribution in [-0.4, -0.2) is 32.7 Å². The first-order valence-electron chi connectivity index (χ1n) is 5.82. The van der Waals surface area contributed by atoms with Gasteiger partial charge in [0.15, 0.2) is 11.5 Å². The lowest BCUT2D eigenvalue weighted by Gasteiger charge is -2.12. The van der Waals surface area contributed by atoms with Crippen LogP contribution in [0.25, 0.3) is 0 Å². The van der Waals surface area contributed by atoms with Gasteiger partial charge in [-0.2, -0.15) is 0 Å². The van der Waals surface area contributed by atoms with Gasteiger partial charge in [-0.05, 0) is 26.0 Å². The van der Waals surface area contributed by atoms with E-state index in [1.165, 1.54) is 0 Å². The molecule has 0 saturated heterocycles. The quantitative estimate of drug-likeness (QED) is 0.808. The fraction of sp³-hybridized carbons (Fsp3) is 0.462. The molecule has 0 aliphatic rings. The summed E-state index contributed by atoms with van der Waals surface area (Å²) >= 11 is 0. The van der Waals surface area contributed by atoms with Gasteiger partial charge in [-0.15, -0.1) is 0 Å². The lowest BCUT2D eigenvalue weighted by Crippen LogP contribution is -2.34. The van der Waals surface area contributed by atoms with Crippen molar-refractivity contribution in [2.75, 3.05) is 26.1 Å². The molecule has 0 aromatic heterocycles. The molecule has 18 heavy (non-hydrogen) atoms. The molecule has 5 nitrogen and oxygen atoms in total. The molecule has 2 N–H and O–H groups in total. The van der Waals surface area contributed by atoms with E-state index in [0.717, 1.165) is 5.69 Å². The molecule has 0 spiro atoms. The lowest BCUT2D eigenvalue weighted by atomic mass is 10.2. The Morgan fingerprint density at radius 1 is 1.22 bits per heavy atom. The highest BCUT2D eigenvalue weighted by molar-refractivity contribution is 5.81. The minimum absolute atomic E-state index is 0.0419. The third-order valence-electron chi connectivity index (χ3n) is 2.29. The van der Waals surface area contributed by atoms with Crippen LogP contribution in [0.3, 0.4) is 0 Å². The second kappa shape index (κ2) is 6.74. The minimum atomic E-state index is -0.0419. The fourth-order valence-electron chi connectivity index (χ4n) is 1.50. The molecule has 0 aliphatic heterocycles. The van der Waals surface area contributed by atoms with Crippen molar-refractivity contribution in [3.05, 3.63) is 18.2 Å². The Hall–Kier alpha value is -1.91. The first-order chi connectivity index (χ1) is 8.56. The predicted octanol–water partition coefficient (Wildman–Crippen LogP) is 1.64. The summed E-state index contributed by atoms with van der Waals surface area (Å²) in [6, 6.07) is 5.57. The Labute approximate surface area is 107 Å². The van der Waals surface area contributed by atoms with E-state index >= 15 is 0 Å². The molecule has 1 amide bonds. The van der Waals surface area contributed by atoms with E-state index in [1.54, 1.807) is 26.4 Å². The number of ether oxygens (including phenoxy) is 2. The Morgan fingerprint density at radius 3 is 2.44 bits per heavy atom. The van der Waals surface area contributed by atoms with Gasteiger partial charge < -0.3 is 20.1 Å². The molecule has 0 radical (unpaired) electrons. The first-order valence-corrected chi connectivity index (χ1v) is 5.82. The van der Waals surface area contributed by atoms with E-state index in [4.69, 9.17) is 9.47 Å². The summed E-state index contributed by atoms with van der Waals surface area (Å²) in [6.07, 6.45) is 0. The zero-order valence-electron chi connectivity index (χ0n) is 11.2. The smallest absolute Gasteiger partial charge is 0.239 e. The molecule has 1 aromatic carbocycles. The Morgan fingerprint density at radius 2 is 1.89 bits per heavy atom. The first kappa shape index (κ1) is 14.2. The summed E-state index contributed by atoms with van der Waals surface area (Å²) in [5, 5.41) is 5.83. The van der Waals surface area contributed by atoms with Crippen molar-refractivity contribution in [1.29, 1.82) is 0 Å². The van der Waals surface area contributed by atoms with Crippen molar-refractivity contribution in [2.45, 2.75) is 19.9 Å². The summed E-state index contributed by atoms with van der Waals surface area (Å²) in [7, 11) is 3.16. The summed E-state index contributed by atoms with van der Waals surface area (Å²) in [6.45, 7) is 4.08. The number of benzene rings is 1. The maximum atomic E-state index is 11.5. The van der Waals surface area contributed by atoms with Gasteiger partial charge in [-0.25, -0.2) is 0 Å². The third-order valence-corrected chi connectivity index (χ3v) is 2.29. The largest absolute Gasteiger partial charge is 0.493 e. The van der Waals surface area contributed by atoms with Crippen LogP contribution in [0.4, 0.5) is 5.69 Å². The predicted molar refractivity (Wildman–Crippen MR) is 71.3 cm³/mol. The van der Waals surface area contributed by atoms with E-state index < -0.39 is 0 Å². The maximum Gasteiger partial charge on any atom is 0.239 e. The normalized spacial score (nSPS) is 10.1. The number of rotatable bonds is 6. The van der Waals surface area contributed by atoms with Crippen molar-refractivity contribution in [3.63, 3.8) is 0 Å². The van der Waals surface area contributed by atoms with E-state index in [2.05, 4.69) is 10.6 Å². The van der Waals surface area contributed by atoms with Crippen LogP contribution in [0.1, 0.15) is 13.8 Å². The van der Waals surface area contributed by atoms with Gasteiger partial charge in [0.05, 0.1) is 20.8 Å². The second-order valence-corrected chi connectivity index (χ2v) is 4.15. The average molecular weight is 252 g/mol. The maximum absolute atomic E-state index is 11.5. The van der Waals surface area contributed by atoms with Crippen LogP contribution in [0.5, 0.6) is 11.5 Å². The van der Waals surface area contributed by atoms with Gasteiger partial charge >= 0.3 is 0 Å². The van der Waals surface area contributed by atoms with Crippen molar-refractivity contribution < 1.29 is 14.3 Å². The second-order valence-electron chi connectivity index (χ2n) is 4.15. The molecule has 0 atom stereocenters. The van der Waals surface area contributed by atoms with Crippen molar-refractivity contribution in [2.24, 2.45) is 0 Å². The third kappa shape index (κ3) is 4.16. The van der Waals surface area contributed by atoms with Crippen molar-refractivity contribution >= 4 is 11.6 Å². The van der Waals surface area contributed by atoms with Crippen LogP contribution >= 0.6 is 0 Å². The standard InChI is InChI=1S/C13H20N2O3/c1-9(2)15-13(16)8-14-10-5-6-11(17-3)12(7-10)18-4/h5-7,9,14H,8H2,1-4H3,(H,15,16). The molecule has 0 bridgehead atoms. The number of carbonyl (C=O) groups excluding carboxylic acids is 1. The fourth-order valence-corrected chi connectivity index (χ4v) is 1.50. The molecule has 0 saturated carbocycles. The van der Waals surface area contributed by atoms with Gasteiger partial charge in [-0.3, -0.25) is 4.79 Å². The highest BCUT2D eigenvalue weighted by Gasteiger charge is 2.06. The molecule has 100 valence electrons. The molecule has 0 aliphatic carbocycles. The molecule has 1 aromatic rings. The summed E-state index contributed by atoms with van der Waals surface area (Å²) in [5.41, 5.74) is 0.812. The van der Waals surface area contributed by atoms with E-state index in [9.17, 15) is 4.79 Å². The topological polar surface area (TPSA) is 59.6 Å². The van der Waals surface area contributed by atoms with Gasteiger partial charge in [0.25, 0.3) is 0 Å². The van der Waals surface area contributed by atoms with Crippen LogP contribution in [0, 0.1) is 0 Å². The minimum Gasteiger partial charge on any atom is -0.493 e. The van der Waals surface area contributed by atoms with Crippen LogP contribution in [-0.2, 0) is 4.79 Å². The molecule has 0 unspecified atom stereocenters. The van der Waals surface area contributed by atoms with Crippen molar-refractivity contribution in [1.82, 2.24) is 5.32 Å². The average Bonchev–Trinajstić information content (AvgIpc) is 2.35. The molecular formula is C13H20N2O3. The molecule has 1 rings (SSSR count). The van der Waals surface area contributed by atoms with Gasteiger partial charge in [0, 0.05) is 17.8 Å². The number of methoxy groups -OCH3 is 2. The molecule has 5 heteroatoms. The zero-order chi connectivity index (χ0) is 13.5. The monoisotopic (exact) mass is 252 g/mol. The molecular weight excluding hydrogens is 232 g/mol. The van der Waals surface area contributed by atoms with Crippen molar-refractivity contribution in [3.8, 4) is 11.5 Å². The summed E-state index contributed by atoms with van der Waals surface area (Å²) < 4.78 is 10.3. The van der Waals surface area contributed by atoms with E-state index in [0.29, 0.717) is 11.5 Å². The number of amides is 1. The molecule has 0 fully saturated rings. The highest BCUT2D eigenvalue weighted by atomic mass is 16.5.